The van der Waals surface area contributed by atoms with Crippen LogP contribution in [0.25, 0.3) is 0 Å². The van der Waals surface area contributed by atoms with Crippen molar-refractivity contribution in [3.05, 3.63) is 23.8 Å². The van der Waals surface area contributed by atoms with Gasteiger partial charge in [-0.05, 0) is 31.9 Å². The van der Waals surface area contributed by atoms with Crippen molar-refractivity contribution in [2.75, 3.05) is 12.3 Å². The lowest BCUT2D eigenvalue weighted by atomic mass is 10.1. The van der Waals surface area contributed by atoms with E-state index in [1.807, 2.05) is 20.8 Å². The summed E-state index contributed by atoms with van der Waals surface area (Å²) in [6, 6.07) is 5.09. The van der Waals surface area contributed by atoms with Gasteiger partial charge in [0.05, 0.1) is 18.4 Å². The van der Waals surface area contributed by atoms with Crippen molar-refractivity contribution in [3.8, 4) is 5.75 Å². The lowest BCUT2D eigenvalue weighted by Gasteiger charge is -2.21. The van der Waals surface area contributed by atoms with Gasteiger partial charge in [-0.25, -0.2) is 4.79 Å². The second-order valence-corrected chi connectivity index (χ2v) is 4.51. The molecular formula is C14H21NO3. The van der Waals surface area contributed by atoms with Crippen LogP contribution in [-0.2, 0) is 4.74 Å². The summed E-state index contributed by atoms with van der Waals surface area (Å²) >= 11 is 0. The molecule has 2 N–H and O–H groups in total. The van der Waals surface area contributed by atoms with Crippen LogP contribution in [0.5, 0.6) is 5.75 Å². The van der Waals surface area contributed by atoms with Gasteiger partial charge in [-0.3, -0.25) is 0 Å². The lowest BCUT2D eigenvalue weighted by Crippen LogP contribution is -2.21. The molecular weight excluding hydrogens is 230 g/mol. The third-order valence-electron chi connectivity index (χ3n) is 2.78. The number of carbonyl (C=O) groups is 1. The second kappa shape index (κ2) is 6.28. The Kier molecular flexibility index (Phi) is 5.01. The Morgan fingerprint density at radius 2 is 2.00 bits per heavy atom. The molecule has 1 atom stereocenters. The smallest absolute Gasteiger partial charge is 0.341 e. The van der Waals surface area contributed by atoms with E-state index >= 15 is 0 Å². The first-order valence-corrected chi connectivity index (χ1v) is 6.19. The van der Waals surface area contributed by atoms with E-state index in [0.29, 0.717) is 29.5 Å². The number of para-hydroxylation sites is 1. The number of anilines is 1. The number of hydrogen-bond acceptors (Lipinski definition) is 4. The fourth-order valence-corrected chi connectivity index (χ4v) is 1.38. The minimum Gasteiger partial charge on any atom is -0.487 e. The topological polar surface area (TPSA) is 61.5 Å². The van der Waals surface area contributed by atoms with Gasteiger partial charge < -0.3 is 15.2 Å². The van der Waals surface area contributed by atoms with Gasteiger partial charge in [0.15, 0.2) is 5.75 Å². The maximum atomic E-state index is 11.8. The zero-order valence-electron chi connectivity index (χ0n) is 11.4. The van der Waals surface area contributed by atoms with Gasteiger partial charge in [0.25, 0.3) is 0 Å². The molecule has 1 unspecified atom stereocenters. The summed E-state index contributed by atoms with van der Waals surface area (Å²) in [6.07, 6.45) is -0.0251. The number of nitrogens with two attached hydrogens (primary N) is 1. The number of ether oxygens (including phenoxy) is 2. The van der Waals surface area contributed by atoms with Crippen LogP contribution in [-0.4, -0.2) is 18.7 Å². The van der Waals surface area contributed by atoms with Gasteiger partial charge in [-0.15, -0.1) is 0 Å². The van der Waals surface area contributed by atoms with Gasteiger partial charge in [-0.2, -0.15) is 0 Å². The Labute approximate surface area is 108 Å². The maximum absolute atomic E-state index is 11.8. The van der Waals surface area contributed by atoms with Crippen molar-refractivity contribution in [3.63, 3.8) is 0 Å². The minimum absolute atomic E-state index is 0.0251. The molecule has 18 heavy (non-hydrogen) atoms. The summed E-state index contributed by atoms with van der Waals surface area (Å²) in [6.45, 7) is 8.14. The average Bonchev–Trinajstić information content (AvgIpc) is 2.31. The third-order valence-corrected chi connectivity index (χ3v) is 2.78. The summed E-state index contributed by atoms with van der Waals surface area (Å²) < 4.78 is 10.8. The highest BCUT2D eigenvalue weighted by molar-refractivity contribution is 5.94. The number of rotatable bonds is 5. The first kappa shape index (κ1) is 14.4. The van der Waals surface area contributed by atoms with Gasteiger partial charge in [0, 0.05) is 0 Å². The Balaban J connectivity index is 3.04. The zero-order chi connectivity index (χ0) is 13.7. The number of nitrogen functional groups attached to an aromatic ring is 1. The van der Waals surface area contributed by atoms with E-state index in [-0.39, 0.29) is 6.10 Å². The molecule has 0 aliphatic carbocycles. The highest BCUT2D eigenvalue weighted by Crippen LogP contribution is 2.29. The van der Waals surface area contributed by atoms with Crippen LogP contribution in [0, 0.1) is 5.92 Å². The van der Waals surface area contributed by atoms with Crippen LogP contribution in [0.2, 0.25) is 0 Å². The molecule has 0 radical (unpaired) electrons. The molecule has 1 aromatic carbocycles. The highest BCUT2D eigenvalue weighted by atomic mass is 16.5. The Bertz CT molecular complexity index is 416. The second-order valence-electron chi connectivity index (χ2n) is 4.51. The number of benzene rings is 1. The number of hydrogen-bond donors (Lipinski definition) is 1. The van der Waals surface area contributed by atoms with Crippen LogP contribution >= 0.6 is 0 Å². The molecule has 1 rings (SSSR count). The van der Waals surface area contributed by atoms with E-state index in [4.69, 9.17) is 15.2 Å². The fraction of sp³-hybridized carbons (Fsp3) is 0.500. The maximum Gasteiger partial charge on any atom is 0.341 e. The number of carbonyl (C=O) groups excluding carboxylic acids is 1. The number of esters is 1. The van der Waals surface area contributed by atoms with Gasteiger partial charge in [0.1, 0.15) is 5.56 Å². The van der Waals surface area contributed by atoms with Crippen molar-refractivity contribution in [2.24, 2.45) is 5.92 Å². The molecule has 4 heteroatoms. The predicted molar refractivity (Wildman–Crippen MR) is 71.7 cm³/mol. The van der Waals surface area contributed by atoms with E-state index < -0.39 is 5.97 Å². The Morgan fingerprint density at radius 1 is 1.33 bits per heavy atom. The summed E-state index contributed by atoms with van der Waals surface area (Å²) in [5, 5.41) is 0. The van der Waals surface area contributed by atoms with Gasteiger partial charge in [-0.1, -0.05) is 19.9 Å². The molecule has 4 nitrogen and oxygen atoms in total. The van der Waals surface area contributed by atoms with Gasteiger partial charge in [0.2, 0.25) is 0 Å². The third kappa shape index (κ3) is 3.39. The quantitative estimate of drug-likeness (QED) is 0.645. The molecule has 0 heterocycles. The molecule has 100 valence electrons. The first-order chi connectivity index (χ1) is 8.47. The Morgan fingerprint density at radius 3 is 2.56 bits per heavy atom. The molecule has 1 aromatic rings. The van der Waals surface area contributed by atoms with E-state index in [1.54, 1.807) is 25.1 Å². The molecule has 0 bridgehead atoms. The molecule has 0 spiro atoms. The molecule has 0 fully saturated rings. The van der Waals surface area contributed by atoms with Crippen molar-refractivity contribution in [2.45, 2.75) is 33.8 Å². The molecule has 0 saturated heterocycles. The van der Waals surface area contributed by atoms with Crippen LogP contribution in [0.4, 0.5) is 5.69 Å². The van der Waals surface area contributed by atoms with Crippen LogP contribution in [0.3, 0.4) is 0 Å². The van der Waals surface area contributed by atoms with Crippen molar-refractivity contribution < 1.29 is 14.3 Å². The summed E-state index contributed by atoms with van der Waals surface area (Å²) in [4.78, 5) is 11.8. The van der Waals surface area contributed by atoms with Crippen molar-refractivity contribution in [1.82, 2.24) is 0 Å². The Hall–Kier alpha value is -1.71. The highest BCUT2D eigenvalue weighted by Gasteiger charge is 2.19. The molecule has 0 aromatic heterocycles. The monoisotopic (exact) mass is 251 g/mol. The standard InChI is InChI=1S/C14H21NO3/c1-5-17-14(16)11-7-6-8-12(15)13(11)18-10(4)9(2)3/h6-10H,5,15H2,1-4H3. The van der Waals surface area contributed by atoms with Crippen molar-refractivity contribution in [1.29, 1.82) is 0 Å². The van der Waals surface area contributed by atoms with Crippen LogP contribution in [0.1, 0.15) is 38.1 Å². The van der Waals surface area contributed by atoms with E-state index in [2.05, 4.69) is 0 Å². The van der Waals surface area contributed by atoms with Crippen LogP contribution < -0.4 is 10.5 Å². The predicted octanol–water partition coefficient (Wildman–Crippen LogP) is 2.87. The largest absolute Gasteiger partial charge is 0.487 e. The minimum atomic E-state index is -0.407. The normalized spacial score (nSPS) is 12.3. The molecule has 0 amide bonds. The first-order valence-electron chi connectivity index (χ1n) is 6.19. The van der Waals surface area contributed by atoms with Crippen LogP contribution in [0.15, 0.2) is 18.2 Å². The van der Waals surface area contributed by atoms with Crippen molar-refractivity contribution >= 4 is 11.7 Å². The molecule has 0 aliphatic rings. The molecule has 0 aliphatic heterocycles. The SMILES string of the molecule is CCOC(=O)c1cccc(N)c1OC(C)C(C)C. The lowest BCUT2D eigenvalue weighted by molar-refractivity contribution is 0.0517. The summed E-state index contributed by atoms with van der Waals surface area (Å²) in [5.74, 6) is 0.340. The fourth-order valence-electron chi connectivity index (χ4n) is 1.38. The summed E-state index contributed by atoms with van der Waals surface area (Å²) in [5.41, 5.74) is 6.70. The van der Waals surface area contributed by atoms with E-state index in [1.165, 1.54) is 0 Å². The average molecular weight is 251 g/mol. The summed E-state index contributed by atoms with van der Waals surface area (Å²) in [7, 11) is 0. The zero-order valence-corrected chi connectivity index (χ0v) is 11.4. The molecule has 0 saturated carbocycles. The van der Waals surface area contributed by atoms with E-state index in [9.17, 15) is 4.79 Å². The van der Waals surface area contributed by atoms with E-state index in [0.717, 1.165) is 0 Å². The van der Waals surface area contributed by atoms with Gasteiger partial charge >= 0.3 is 5.97 Å².